The molecule has 0 spiro atoms. The van der Waals surface area contributed by atoms with Gasteiger partial charge in [0.15, 0.2) is 11.6 Å². The first kappa shape index (κ1) is 25.9. The third kappa shape index (κ3) is 6.55. The van der Waals surface area contributed by atoms with E-state index in [-0.39, 0.29) is 17.8 Å². The van der Waals surface area contributed by atoms with Crippen molar-refractivity contribution in [3.05, 3.63) is 94.3 Å². The van der Waals surface area contributed by atoms with Gasteiger partial charge < -0.3 is 19.1 Å². The van der Waals surface area contributed by atoms with Gasteiger partial charge >= 0.3 is 0 Å². The summed E-state index contributed by atoms with van der Waals surface area (Å²) in [6.45, 7) is 3.59. The van der Waals surface area contributed by atoms with Crippen molar-refractivity contribution >= 4 is 17.5 Å². The Kier molecular flexibility index (Phi) is 8.80. The summed E-state index contributed by atoms with van der Waals surface area (Å²) in [5.41, 5.74) is 2.38. The van der Waals surface area contributed by atoms with Gasteiger partial charge in [-0.25, -0.2) is 4.39 Å². The SMILES string of the molecule is COc1cccc(CO[C@@H](CN2CCN(C(=O)c3ccc(OC)c(F)c3)CC2)c2ccc(Cl)cc2)c1. The molecule has 190 valence electrons. The van der Waals surface area contributed by atoms with E-state index in [0.29, 0.717) is 49.9 Å². The zero-order valence-corrected chi connectivity index (χ0v) is 21.2. The van der Waals surface area contributed by atoms with Crippen LogP contribution in [0.5, 0.6) is 11.5 Å². The standard InChI is InChI=1S/C28H30ClFN2O4/c1-34-24-5-3-4-20(16-24)19-36-27(21-6-9-23(29)10-7-21)18-31-12-14-32(15-13-31)28(33)22-8-11-26(35-2)25(30)17-22/h3-11,16-17,27H,12-15,18-19H2,1-2H3/t27-/m0/s1. The molecule has 0 aromatic heterocycles. The number of carbonyl (C=O) groups is 1. The van der Waals surface area contributed by atoms with Crippen LogP contribution in [0.3, 0.4) is 0 Å². The molecule has 4 rings (SSSR count). The third-order valence-electron chi connectivity index (χ3n) is 6.31. The van der Waals surface area contributed by atoms with E-state index in [1.54, 1.807) is 18.1 Å². The van der Waals surface area contributed by atoms with E-state index in [4.69, 9.17) is 25.8 Å². The van der Waals surface area contributed by atoms with Gasteiger partial charge in [0, 0.05) is 43.3 Å². The normalized spacial score (nSPS) is 14.9. The molecule has 0 unspecified atom stereocenters. The predicted octanol–water partition coefficient (Wildman–Crippen LogP) is 5.21. The van der Waals surface area contributed by atoms with Gasteiger partial charge in [0.25, 0.3) is 5.91 Å². The average molecular weight is 513 g/mol. The molecule has 0 radical (unpaired) electrons. The lowest BCUT2D eigenvalue weighted by atomic mass is 10.1. The molecule has 1 heterocycles. The Morgan fingerprint density at radius 1 is 0.972 bits per heavy atom. The van der Waals surface area contributed by atoms with Gasteiger partial charge in [0.05, 0.1) is 26.9 Å². The van der Waals surface area contributed by atoms with Crippen LogP contribution in [0.15, 0.2) is 66.7 Å². The monoisotopic (exact) mass is 512 g/mol. The Morgan fingerprint density at radius 3 is 2.39 bits per heavy atom. The molecule has 0 saturated carbocycles. The number of benzene rings is 3. The van der Waals surface area contributed by atoms with Gasteiger partial charge in [-0.2, -0.15) is 0 Å². The number of hydrogen-bond acceptors (Lipinski definition) is 5. The summed E-state index contributed by atoms with van der Waals surface area (Å²) in [5.74, 6) is 0.191. The molecule has 8 heteroatoms. The van der Waals surface area contributed by atoms with Crippen LogP contribution in [-0.2, 0) is 11.3 Å². The van der Waals surface area contributed by atoms with E-state index in [1.165, 1.54) is 19.2 Å². The summed E-state index contributed by atoms with van der Waals surface area (Å²) in [7, 11) is 3.04. The lowest BCUT2D eigenvalue weighted by Gasteiger charge is -2.36. The second-order valence-electron chi connectivity index (χ2n) is 8.64. The van der Waals surface area contributed by atoms with E-state index >= 15 is 0 Å². The highest BCUT2D eigenvalue weighted by Crippen LogP contribution is 2.25. The molecule has 36 heavy (non-hydrogen) atoms. The highest BCUT2D eigenvalue weighted by molar-refractivity contribution is 6.30. The summed E-state index contributed by atoms with van der Waals surface area (Å²) in [6.07, 6.45) is -0.175. The van der Waals surface area contributed by atoms with E-state index in [0.717, 1.165) is 16.9 Å². The first-order chi connectivity index (χ1) is 17.5. The van der Waals surface area contributed by atoms with Crippen LogP contribution in [0.25, 0.3) is 0 Å². The minimum absolute atomic E-state index is 0.124. The van der Waals surface area contributed by atoms with Crippen molar-refractivity contribution in [2.75, 3.05) is 46.9 Å². The molecule has 1 atom stereocenters. The molecular formula is C28H30ClFN2O4. The first-order valence-electron chi connectivity index (χ1n) is 11.8. The number of ether oxygens (including phenoxy) is 3. The molecule has 1 fully saturated rings. The Balaban J connectivity index is 1.38. The van der Waals surface area contributed by atoms with Crippen molar-refractivity contribution in [2.45, 2.75) is 12.7 Å². The molecule has 1 amide bonds. The molecule has 1 saturated heterocycles. The van der Waals surface area contributed by atoms with Gasteiger partial charge in [-0.05, 0) is 53.6 Å². The maximum absolute atomic E-state index is 14.1. The zero-order chi connectivity index (χ0) is 25.5. The van der Waals surface area contributed by atoms with Crippen molar-refractivity contribution < 1.29 is 23.4 Å². The second-order valence-corrected chi connectivity index (χ2v) is 9.08. The largest absolute Gasteiger partial charge is 0.497 e. The molecule has 0 N–H and O–H groups in total. The van der Waals surface area contributed by atoms with E-state index in [1.807, 2.05) is 48.5 Å². The van der Waals surface area contributed by atoms with Crippen LogP contribution in [0.4, 0.5) is 4.39 Å². The Hall–Kier alpha value is -3.13. The Morgan fingerprint density at radius 2 is 1.72 bits per heavy atom. The predicted molar refractivity (Wildman–Crippen MR) is 137 cm³/mol. The average Bonchev–Trinajstić information content (AvgIpc) is 2.91. The summed E-state index contributed by atoms with van der Waals surface area (Å²) in [5, 5.41) is 0.674. The van der Waals surface area contributed by atoms with Crippen LogP contribution in [0.1, 0.15) is 27.6 Å². The minimum atomic E-state index is -0.541. The zero-order valence-electron chi connectivity index (χ0n) is 20.5. The quantitative estimate of drug-likeness (QED) is 0.394. The molecular weight excluding hydrogens is 483 g/mol. The highest BCUT2D eigenvalue weighted by atomic mass is 35.5. The van der Waals surface area contributed by atoms with Crippen LogP contribution in [-0.4, -0.2) is 62.7 Å². The van der Waals surface area contributed by atoms with Crippen molar-refractivity contribution in [1.82, 2.24) is 9.80 Å². The van der Waals surface area contributed by atoms with Gasteiger partial charge in [-0.3, -0.25) is 9.69 Å². The lowest BCUT2D eigenvalue weighted by molar-refractivity contribution is 0.00337. The number of methoxy groups -OCH3 is 2. The van der Waals surface area contributed by atoms with Crippen LogP contribution in [0, 0.1) is 5.82 Å². The number of hydrogen-bond donors (Lipinski definition) is 0. The van der Waals surface area contributed by atoms with Gasteiger partial charge in [-0.15, -0.1) is 0 Å². The number of carbonyl (C=O) groups excluding carboxylic acids is 1. The number of amides is 1. The van der Waals surface area contributed by atoms with Gasteiger partial charge in [-0.1, -0.05) is 35.9 Å². The van der Waals surface area contributed by atoms with Crippen molar-refractivity contribution in [2.24, 2.45) is 0 Å². The molecule has 1 aliphatic rings. The fourth-order valence-electron chi connectivity index (χ4n) is 4.24. The molecule has 0 bridgehead atoms. The van der Waals surface area contributed by atoms with E-state index < -0.39 is 5.82 Å². The van der Waals surface area contributed by atoms with Crippen LogP contribution >= 0.6 is 11.6 Å². The van der Waals surface area contributed by atoms with Gasteiger partial charge in [0.2, 0.25) is 0 Å². The van der Waals surface area contributed by atoms with Crippen molar-refractivity contribution in [1.29, 1.82) is 0 Å². The van der Waals surface area contributed by atoms with E-state index in [2.05, 4.69) is 4.90 Å². The van der Waals surface area contributed by atoms with Crippen molar-refractivity contribution in [3.63, 3.8) is 0 Å². The fraction of sp³-hybridized carbons (Fsp3) is 0.321. The van der Waals surface area contributed by atoms with Crippen LogP contribution < -0.4 is 9.47 Å². The fourth-order valence-corrected chi connectivity index (χ4v) is 4.37. The number of halogens is 2. The van der Waals surface area contributed by atoms with Crippen molar-refractivity contribution in [3.8, 4) is 11.5 Å². The third-order valence-corrected chi connectivity index (χ3v) is 6.56. The summed E-state index contributed by atoms with van der Waals surface area (Å²) in [6, 6.07) is 19.8. The molecule has 6 nitrogen and oxygen atoms in total. The summed E-state index contributed by atoms with van der Waals surface area (Å²) < 4.78 is 30.7. The number of nitrogens with zero attached hydrogens (tertiary/aromatic N) is 2. The lowest BCUT2D eigenvalue weighted by Crippen LogP contribution is -2.49. The minimum Gasteiger partial charge on any atom is -0.497 e. The maximum Gasteiger partial charge on any atom is 0.254 e. The van der Waals surface area contributed by atoms with E-state index in [9.17, 15) is 9.18 Å². The summed E-state index contributed by atoms with van der Waals surface area (Å²) in [4.78, 5) is 16.9. The second kappa shape index (κ2) is 12.2. The molecule has 3 aromatic rings. The highest BCUT2D eigenvalue weighted by Gasteiger charge is 2.25. The first-order valence-corrected chi connectivity index (χ1v) is 12.2. The Bertz CT molecular complexity index is 1170. The molecule has 1 aliphatic heterocycles. The van der Waals surface area contributed by atoms with Gasteiger partial charge in [0.1, 0.15) is 5.75 Å². The van der Waals surface area contributed by atoms with Crippen LogP contribution in [0.2, 0.25) is 5.02 Å². The summed E-state index contributed by atoms with van der Waals surface area (Å²) >= 11 is 6.10. The molecule has 3 aromatic carbocycles. The smallest absolute Gasteiger partial charge is 0.254 e. The molecule has 0 aliphatic carbocycles. The maximum atomic E-state index is 14.1. The topological polar surface area (TPSA) is 51.2 Å². The Labute approximate surface area is 216 Å². The number of rotatable bonds is 9. The number of piperazine rings is 1.